The van der Waals surface area contributed by atoms with Crippen molar-refractivity contribution in [3.05, 3.63) is 54.4 Å². The Hall–Kier alpha value is -2.81. The fourth-order valence-electron chi connectivity index (χ4n) is 2.46. The maximum absolute atomic E-state index is 13.1. The van der Waals surface area contributed by atoms with E-state index in [1.165, 1.54) is 6.07 Å². The summed E-state index contributed by atoms with van der Waals surface area (Å²) in [5.74, 6) is -1.20. The highest BCUT2D eigenvalue weighted by Crippen LogP contribution is 2.32. The molecule has 146 valence electrons. The summed E-state index contributed by atoms with van der Waals surface area (Å²) in [4.78, 5) is 19.5. The van der Waals surface area contributed by atoms with Gasteiger partial charge in [-0.15, -0.1) is 0 Å². The van der Waals surface area contributed by atoms with Crippen LogP contribution in [-0.2, 0) is 11.0 Å². The molecule has 0 spiro atoms. The van der Waals surface area contributed by atoms with Gasteiger partial charge in [0, 0.05) is 5.39 Å². The lowest BCUT2D eigenvalue weighted by Crippen LogP contribution is -2.16. The number of thioether (sulfide) groups is 1. The molecule has 3 aromatic rings. The molecule has 1 heterocycles. The molecule has 3 rings (SSSR count). The molecular weight excluding hydrogens is 391 g/mol. The Morgan fingerprint density at radius 1 is 1.11 bits per heavy atom. The highest BCUT2D eigenvalue weighted by Gasteiger charge is 2.35. The normalized spacial score (nSPS) is 11.4. The Balaban J connectivity index is 1.79. The van der Waals surface area contributed by atoms with Gasteiger partial charge in [0.25, 0.3) is 0 Å². The lowest BCUT2D eigenvalue weighted by atomic mass is 10.2. The van der Waals surface area contributed by atoms with Crippen LogP contribution in [-0.4, -0.2) is 28.2 Å². The van der Waals surface area contributed by atoms with Gasteiger partial charge in [-0.25, -0.2) is 9.97 Å². The number of ether oxygens (including phenoxy) is 1. The number of benzene rings is 2. The molecule has 2 aromatic carbocycles. The van der Waals surface area contributed by atoms with Crippen LogP contribution in [0.1, 0.15) is 12.7 Å². The topological polar surface area (TPSA) is 64.1 Å². The number of carbonyl (C=O) groups excluding carboxylic acids is 1. The van der Waals surface area contributed by atoms with E-state index in [9.17, 15) is 18.0 Å². The molecule has 5 nitrogen and oxygen atoms in total. The molecule has 0 bridgehead atoms. The van der Waals surface area contributed by atoms with Crippen LogP contribution in [0, 0.1) is 0 Å². The van der Waals surface area contributed by atoms with Crippen molar-refractivity contribution in [2.45, 2.75) is 18.1 Å². The van der Waals surface area contributed by atoms with Gasteiger partial charge in [0.15, 0.2) is 0 Å². The van der Waals surface area contributed by atoms with Crippen LogP contribution >= 0.6 is 11.8 Å². The monoisotopic (exact) mass is 407 g/mol. The Labute approximate surface area is 163 Å². The van der Waals surface area contributed by atoms with Gasteiger partial charge >= 0.3 is 6.18 Å². The van der Waals surface area contributed by atoms with E-state index in [4.69, 9.17) is 4.74 Å². The smallest absolute Gasteiger partial charge is 0.451 e. The SMILES string of the molecule is CCOc1ccccc1NC(=O)CSc1nc(C(F)(F)F)nc2ccccc12. The van der Waals surface area contributed by atoms with Gasteiger partial charge in [-0.1, -0.05) is 42.1 Å². The zero-order chi connectivity index (χ0) is 20.1. The van der Waals surface area contributed by atoms with Gasteiger partial charge in [-0.3, -0.25) is 4.79 Å². The summed E-state index contributed by atoms with van der Waals surface area (Å²) in [7, 11) is 0. The van der Waals surface area contributed by atoms with E-state index in [1.807, 2.05) is 6.92 Å². The minimum Gasteiger partial charge on any atom is -0.492 e. The van der Waals surface area contributed by atoms with Gasteiger partial charge in [-0.2, -0.15) is 13.2 Å². The van der Waals surface area contributed by atoms with Crippen molar-refractivity contribution in [3.63, 3.8) is 0 Å². The van der Waals surface area contributed by atoms with Gasteiger partial charge in [-0.05, 0) is 25.1 Å². The van der Waals surface area contributed by atoms with E-state index in [1.54, 1.807) is 42.5 Å². The molecule has 0 atom stereocenters. The lowest BCUT2D eigenvalue weighted by Gasteiger charge is -2.12. The van der Waals surface area contributed by atoms with Crippen molar-refractivity contribution in [3.8, 4) is 5.75 Å². The number of halogens is 3. The number of para-hydroxylation sites is 3. The number of anilines is 1. The molecule has 1 aromatic heterocycles. The van der Waals surface area contributed by atoms with Crippen molar-refractivity contribution in [2.75, 3.05) is 17.7 Å². The van der Waals surface area contributed by atoms with E-state index in [-0.39, 0.29) is 22.2 Å². The molecule has 0 saturated carbocycles. The van der Waals surface area contributed by atoms with Crippen LogP contribution in [0.15, 0.2) is 53.6 Å². The van der Waals surface area contributed by atoms with Crippen LogP contribution in [0.25, 0.3) is 10.9 Å². The van der Waals surface area contributed by atoms with Crippen molar-refractivity contribution in [1.29, 1.82) is 0 Å². The molecule has 0 unspecified atom stereocenters. The third-order valence-corrected chi connectivity index (χ3v) is 4.61. The number of nitrogens with one attached hydrogen (secondary N) is 1. The Morgan fingerprint density at radius 3 is 2.57 bits per heavy atom. The second kappa shape index (κ2) is 8.47. The summed E-state index contributed by atoms with van der Waals surface area (Å²) in [6, 6.07) is 13.3. The highest BCUT2D eigenvalue weighted by atomic mass is 32.2. The number of amides is 1. The Kier molecular flexibility index (Phi) is 6.03. The van der Waals surface area contributed by atoms with Gasteiger partial charge in [0.2, 0.25) is 11.7 Å². The molecule has 1 amide bonds. The largest absolute Gasteiger partial charge is 0.492 e. The van der Waals surface area contributed by atoms with Gasteiger partial charge < -0.3 is 10.1 Å². The van der Waals surface area contributed by atoms with E-state index in [2.05, 4.69) is 15.3 Å². The van der Waals surface area contributed by atoms with Crippen molar-refractivity contribution in [1.82, 2.24) is 9.97 Å². The van der Waals surface area contributed by atoms with Crippen LogP contribution in [0.4, 0.5) is 18.9 Å². The lowest BCUT2D eigenvalue weighted by molar-refractivity contribution is -0.145. The number of fused-ring (bicyclic) bond motifs is 1. The van der Waals surface area contributed by atoms with Crippen LogP contribution in [0.2, 0.25) is 0 Å². The predicted octanol–water partition coefficient (Wildman–Crippen LogP) is 4.78. The van der Waals surface area contributed by atoms with Crippen molar-refractivity contribution < 1.29 is 22.7 Å². The molecule has 9 heteroatoms. The van der Waals surface area contributed by atoms with E-state index < -0.39 is 12.0 Å². The standard InChI is InChI=1S/C19H16F3N3O2S/c1-2-27-15-10-6-5-9-14(15)23-16(26)11-28-17-12-7-3-4-8-13(12)24-18(25-17)19(20,21)22/h3-10H,2,11H2,1H3,(H,23,26). The number of carbonyl (C=O) groups is 1. The third kappa shape index (κ3) is 4.72. The summed E-state index contributed by atoms with van der Waals surface area (Å²) in [5, 5.41) is 3.27. The second-order valence-electron chi connectivity index (χ2n) is 5.63. The first-order valence-corrected chi connectivity index (χ1v) is 9.35. The van der Waals surface area contributed by atoms with Crippen molar-refractivity contribution >= 4 is 34.3 Å². The molecule has 0 aliphatic carbocycles. The van der Waals surface area contributed by atoms with Gasteiger partial charge in [0.05, 0.1) is 23.6 Å². The van der Waals surface area contributed by atoms with Crippen LogP contribution in [0.5, 0.6) is 5.75 Å². The maximum Gasteiger partial charge on any atom is 0.451 e. The molecule has 1 N–H and O–H groups in total. The molecular formula is C19H16F3N3O2S. The zero-order valence-corrected chi connectivity index (χ0v) is 15.6. The first-order chi connectivity index (χ1) is 13.4. The van der Waals surface area contributed by atoms with Crippen LogP contribution in [0.3, 0.4) is 0 Å². The van der Waals surface area contributed by atoms with E-state index in [0.717, 1.165) is 11.8 Å². The number of alkyl halides is 3. The number of hydrogen-bond donors (Lipinski definition) is 1. The fourth-order valence-corrected chi connectivity index (χ4v) is 3.27. The molecule has 0 fully saturated rings. The summed E-state index contributed by atoms with van der Waals surface area (Å²) >= 11 is 0.923. The Morgan fingerprint density at radius 2 is 1.82 bits per heavy atom. The summed E-state index contributed by atoms with van der Waals surface area (Å²) in [6.45, 7) is 2.27. The molecule has 0 radical (unpaired) electrons. The zero-order valence-electron chi connectivity index (χ0n) is 14.8. The molecule has 0 saturated heterocycles. The number of aromatic nitrogens is 2. The average molecular weight is 407 g/mol. The Bertz CT molecular complexity index is 996. The van der Waals surface area contributed by atoms with Crippen molar-refractivity contribution in [2.24, 2.45) is 0 Å². The number of nitrogens with zero attached hydrogens (tertiary/aromatic N) is 2. The third-order valence-electron chi connectivity index (χ3n) is 3.62. The second-order valence-corrected chi connectivity index (χ2v) is 6.60. The number of rotatable bonds is 6. The maximum atomic E-state index is 13.1. The molecule has 0 aliphatic rings. The quantitative estimate of drug-likeness (QED) is 0.471. The minimum absolute atomic E-state index is 0.103. The highest BCUT2D eigenvalue weighted by molar-refractivity contribution is 8.00. The average Bonchev–Trinajstić information content (AvgIpc) is 2.67. The molecule has 28 heavy (non-hydrogen) atoms. The number of hydrogen-bond acceptors (Lipinski definition) is 5. The first kappa shape index (κ1) is 19.9. The summed E-state index contributed by atoms with van der Waals surface area (Å²) in [6.07, 6.45) is -4.67. The minimum atomic E-state index is -4.67. The van der Waals surface area contributed by atoms with E-state index in [0.29, 0.717) is 23.4 Å². The van der Waals surface area contributed by atoms with Gasteiger partial charge in [0.1, 0.15) is 10.8 Å². The van der Waals surface area contributed by atoms with Crippen LogP contribution < -0.4 is 10.1 Å². The van der Waals surface area contributed by atoms with E-state index >= 15 is 0 Å². The molecule has 0 aliphatic heterocycles. The summed E-state index contributed by atoms with van der Waals surface area (Å²) < 4.78 is 44.7. The summed E-state index contributed by atoms with van der Waals surface area (Å²) in [5.41, 5.74) is 0.674. The first-order valence-electron chi connectivity index (χ1n) is 8.37. The predicted molar refractivity (Wildman–Crippen MR) is 102 cm³/mol. The fraction of sp³-hybridized carbons (Fsp3) is 0.211.